The minimum absolute atomic E-state index is 0.0512. The Morgan fingerprint density at radius 1 is 0.625 bits per heavy atom. The summed E-state index contributed by atoms with van der Waals surface area (Å²) in [6.07, 6.45) is 3.02. The van der Waals surface area contributed by atoms with Crippen molar-refractivity contribution >= 4 is 28.0 Å². The Morgan fingerprint density at radius 2 is 0.958 bits per heavy atom. The van der Waals surface area contributed by atoms with Crippen LogP contribution in [-0.2, 0) is 50.5 Å². The minimum Gasteiger partial charge on any atom is -0.456 e. The van der Waals surface area contributed by atoms with E-state index in [1.807, 2.05) is 88.9 Å². The topological polar surface area (TPSA) is 105 Å². The normalized spacial score (nSPS) is 15.0. The molecule has 0 aliphatic rings. The zero-order chi connectivity index (χ0) is 35.7. The van der Waals surface area contributed by atoms with Crippen molar-refractivity contribution in [1.29, 1.82) is 0 Å². The van der Waals surface area contributed by atoms with Crippen LogP contribution in [0, 0.1) is 11.8 Å². The molecule has 0 spiro atoms. The van der Waals surface area contributed by atoms with Gasteiger partial charge in [0.25, 0.3) is 0 Å². The fourth-order valence-electron chi connectivity index (χ4n) is 5.68. The van der Waals surface area contributed by atoms with E-state index < -0.39 is 28.0 Å². The van der Waals surface area contributed by atoms with Crippen molar-refractivity contribution in [2.24, 2.45) is 11.8 Å². The molecule has 4 atom stereocenters. The van der Waals surface area contributed by atoms with Crippen LogP contribution in [0.4, 0.5) is 0 Å². The first-order chi connectivity index (χ1) is 22.6. The fourth-order valence-corrected chi connectivity index (χ4v) is 8.14. The summed E-state index contributed by atoms with van der Waals surface area (Å²) in [6.45, 7) is 10.3. The molecule has 2 rings (SSSR count). The van der Waals surface area contributed by atoms with Gasteiger partial charge < -0.3 is 27.5 Å². The summed E-state index contributed by atoms with van der Waals surface area (Å²) < 4.78 is 48.5. The molecule has 0 heterocycles. The van der Waals surface area contributed by atoms with Gasteiger partial charge >= 0.3 is 11.9 Å². The SMILES string of the molecule is CC(C)C(COC(=O)/C=C/C(=O)OCC(C(C)C)[N+](C)(C)CC[PH](=O)OCc1ccccc1)[N+](C)(C)CC[PH](=O)OCc1ccccc1. The van der Waals surface area contributed by atoms with Crippen LogP contribution in [0.3, 0.4) is 0 Å². The van der Waals surface area contributed by atoms with Crippen molar-refractivity contribution in [3.05, 3.63) is 83.9 Å². The van der Waals surface area contributed by atoms with Crippen LogP contribution in [0.5, 0.6) is 0 Å². The second-order valence-corrected chi connectivity index (χ2v) is 17.1. The molecule has 0 aromatic heterocycles. The van der Waals surface area contributed by atoms with Crippen LogP contribution in [-0.4, -0.2) is 99.8 Å². The van der Waals surface area contributed by atoms with Crippen molar-refractivity contribution in [2.75, 3.05) is 66.8 Å². The predicted octanol–water partition coefficient (Wildman–Crippen LogP) is 6.21. The number of hydrogen-bond acceptors (Lipinski definition) is 8. The molecule has 0 radical (unpaired) electrons. The standard InChI is InChI=1S/C36H58N2O8P2/c1-29(2)33(37(5,6)21-23-47(41)45-25-31-15-11-9-12-16-31)27-43-35(39)19-20-36(40)44-28-34(30(3)4)38(7,8)22-24-48(42)46-26-32-17-13-10-14-18-32/h9-20,29-30,33-34,47-48H,21-28H2,1-8H3/q+2/b20-19+. The Balaban J connectivity index is 1.80. The van der Waals surface area contributed by atoms with Crippen LogP contribution in [0.15, 0.2) is 72.8 Å². The molecule has 0 aliphatic carbocycles. The molecule has 12 heteroatoms. The van der Waals surface area contributed by atoms with Crippen molar-refractivity contribution in [3.63, 3.8) is 0 Å². The Labute approximate surface area is 289 Å². The van der Waals surface area contributed by atoms with Crippen LogP contribution in [0.2, 0.25) is 0 Å². The van der Waals surface area contributed by atoms with E-state index in [2.05, 4.69) is 27.7 Å². The molecular weight excluding hydrogens is 650 g/mol. The lowest BCUT2D eigenvalue weighted by Gasteiger charge is -2.40. The molecule has 10 nitrogen and oxygen atoms in total. The summed E-state index contributed by atoms with van der Waals surface area (Å²) in [7, 11) is 3.65. The number of ether oxygens (including phenoxy) is 2. The first-order valence-electron chi connectivity index (χ1n) is 16.7. The maximum absolute atomic E-state index is 12.6. The Morgan fingerprint density at radius 3 is 1.27 bits per heavy atom. The summed E-state index contributed by atoms with van der Waals surface area (Å²) in [4.78, 5) is 25.1. The molecule has 0 N–H and O–H groups in total. The fraction of sp³-hybridized carbons (Fsp3) is 0.556. The number of rotatable bonds is 22. The van der Waals surface area contributed by atoms with Crippen LogP contribution >= 0.6 is 16.1 Å². The van der Waals surface area contributed by atoms with Gasteiger partial charge in [0.05, 0.1) is 66.8 Å². The zero-order valence-corrected chi connectivity index (χ0v) is 32.1. The monoisotopic (exact) mass is 708 g/mol. The zero-order valence-electron chi connectivity index (χ0n) is 30.1. The first-order valence-corrected chi connectivity index (χ1v) is 19.7. The van der Waals surface area contributed by atoms with Gasteiger partial charge in [-0.3, -0.25) is 9.13 Å². The average molecular weight is 709 g/mol. The summed E-state index contributed by atoms with van der Waals surface area (Å²) in [5, 5.41) is 0. The maximum atomic E-state index is 12.6. The molecule has 48 heavy (non-hydrogen) atoms. The molecule has 0 saturated carbocycles. The lowest BCUT2D eigenvalue weighted by molar-refractivity contribution is -0.916. The van der Waals surface area contributed by atoms with Gasteiger partial charge in [0, 0.05) is 24.0 Å². The van der Waals surface area contributed by atoms with Gasteiger partial charge in [-0.1, -0.05) is 88.4 Å². The smallest absolute Gasteiger partial charge is 0.331 e. The maximum Gasteiger partial charge on any atom is 0.331 e. The highest BCUT2D eigenvalue weighted by molar-refractivity contribution is 7.39. The minimum atomic E-state index is -2.23. The van der Waals surface area contributed by atoms with Gasteiger partial charge in [-0.2, -0.15) is 0 Å². The lowest BCUT2D eigenvalue weighted by Crippen LogP contribution is -2.55. The van der Waals surface area contributed by atoms with Gasteiger partial charge in [-0.15, -0.1) is 0 Å². The quantitative estimate of drug-likeness (QED) is 0.0616. The summed E-state index contributed by atoms with van der Waals surface area (Å²) in [5.74, 6) is -0.903. The highest BCUT2D eigenvalue weighted by Gasteiger charge is 2.34. The highest BCUT2D eigenvalue weighted by atomic mass is 31.1. The highest BCUT2D eigenvalue weighted by Crippen LogP contribution is 2.28. The van der Waals surface area contributed by atoms with E-state index in [9.17, 15) is 18.7 Å². The number of benzene rings is 2. The van der Waals surface area contributed by atoms with Crippen LogP contribution in [0.1, 0.15) is 38.8 Å². The van der Waals surface area contributed by atoms with E-state index in [0.717, 1.165) is 23.3 Å². The Kier molecular flexibility index (Phi) is 18.0. The summed E-state index contributed by atoms with van der Waals surface area (Å²) in [5.41, 5.74) is 1.96. The number of quaternary nitrogens is 2. The number of likely N-dealkylation sites (N-methyl/N-ethyl adjacent to an activating group) is 2. The van der Waals surface area contributed by atoms with E-state index in [4.69, 9.17) is 18.5 Å². The van der Waals surface area contributed by atoms with Crippen LogP contribution in [0.25, 0.3) is 0 Å². The Hall–Kier alpha value is -2.58. The van der Waals surface area contributed by atoms with Gasteiger partial charge in [-0.25, -0.2) is 9.59 Å². The molecule has 0 aliphatic heterocycles. The lowest BCUT2D eigenvalue weighted by atomic mass is 10.0. The second kappa shape index (κ2) is 20.8. The number of carbonyl (C=O) groups excluding carboxylic acids is 2. The molecule has 0 fully saturated rings. The number of esters is 2. The molecule has 0 amide bonds. The summed E-state index contributed by atoms with van der Waals surface area (Å²) in [6, 6.07) is 19.2. The second-order valence-electron chi connectivity index (χ2n) is 14.0. The van der Waals surface area contributed by atoms with Crippen molar-refractivity contribution < 1.29 is 46.2 Å². The van der Waals surface area contributed by atoms with Crippen LogP contribution < -0.4 is 0 Å². The number of hydrogen-bond donors (Lipinski definition) is 0. The molecule has 0 bridgehead atoms. The number of carbonyl (C=O) groups is 2. The van der Waals surface area contributed by atoms with Crippen molar-refractivity contribution in [1.82, 2.24) is 0 Å². The molecule has 268 valence electrons. The van der Waals surface area contributed by atoms with E-state index in [1.165, 1.54) is 0 Å². The summed E-state index contributed by atoms with van der Waals surface area (Å²) >= 11 is 0. The van der Waals surface area contributed by atoms with Crippen molar-refractivity contribution in [3.8, 4) is 0 Å². The third-order valence-corrected chi connectivity index (χ3v) is 10.9. The molecular formula is C36H58N2O8P2+2. The molecule has 2 aromatic carbocycles. The van der Waals surface area contributed by atoms with E-state index >= 15 is 0 Å². The third kappa shape index (κ3) is 15.8. The molecule has 4 unspecified atom stereocenters. The third-order valence-electron chi connectivity index (χ3n) is 8.75. The van der Waals surface area contributed by atoms with Gasteiger partial charge in [0.2, 0.25) is 0 Å². The molecule has 0 saturated heterocycles. The number of nitrogens with zero attached hydrogens (tertiary/aromatic N) is 2. The predicted molar refractivity (Wildman–Crippen MR) is 192 cm³/mol. The van der Waals surface area contributed by atoms with E-state index in [1.54, 1.807) is 0 Å². The largest absolute Gasteiger partial charge is 0.456 e. The molecule has 2 aromatic rings. The van der Waals surface area contributed by atoms with Gasteiger partial charge in [0.15, 0.2) is 16.1 Å². The van der Waals surface area contributed by atoms with Gasteiger partial charge in [0.1, 0.15) is 25.3 Å². The van der Waals surface area contributed by atoms with E-state index in [0.29, 0.717) is 47.6 Å². The van der Waals surface area contributed by atoms with E-state index in [-0.39, 0.29) is 37.1 Å². The average Bonchev–Trinajstić information content (AvgIpc) is 3.04. The van der Waals surface area contributed by atoms with Gasteiger partial charge in [-0.05, 0) is 11.1 Å². The Bertz CT molecular complexity index is 1230. The first kappa shape index (κ1) is 41.6. The van der Waals surface area contributed by atoms with Crippen molar-refractivity contribution in [2.45, 2.75) is 53.0 Å².